The number of aromatic nitrogens is 1. The fraction of sp³-hybridized carbons (Fsp3) is 0.444. The number of rotatable bonds is 2. The van der Waals surface area contributed by atoms with Gasteiger partial charge >= 0.3 is 0 Å². The Hall–Kier alpha value is -0.760. The molecule has 0 aromatic carbocycles. The summed E-state index contributed by atoms with van der Waals surface area (Å²) in [5, 5.41) is 0. The number of aryl methyl sites for hydroxylation is 1. The summed E-state index contributed by atoms with van der Waals surface area (Å²) in [6, 6.07) is 4.04. The molecule has 0 amide bonds. The smallest absolute Gasteiger partial charge is 0.0648 e. The molecular weight excluding hydrogens is 172 g/mol. The minimum Gasteiger partial charge on any atom is -0.378 e. The third-order valence-electron chi connectivity index (χ3n) is 1.64. The molecule has 0 bridgehead atoms. The predicted molar refractivity (Wildman–Crippen MR) is 52.9 cm³/mol. The van der Waals surface area contributed by atoms with E-state index in [4.69, 9.17) is 11.6 Å². The van der Waals surface area contributed by atoms with Crippen molar-refractivity contribution in [3.05, 3.63) is 23.5 Å². The molecule has 1 rings (SSSR count). The molecule has 1 heterocycles. The first-order valence-electron chi connectivity index (χ1n) is 3.84. The predicted octanol–water partition coefficient (Wildman–Crippen LogP) is 2.19. The normalized spacial score (nSPS) is 10.0. The molecule has 0 unspecified atom stereocenters. The van der Waals surface area contributed by atoms with Crippen molar-refractivity contribution < 1.29 is 0 Å². The first-order valence-corrected chi connectivity index (χ1v) is 4.38. The topological polar surface area (TPSA) is 16.1 Å². The van der Waals surface area contributed by atoms with Gasteiger partial charge < -0.3 is 4.90 Å². The van der Waals surface area contributed by atoms with Crippen LogP contribution in [0.25, 0.3) is 0 Å². The second kappa shape index (κ2) is 3.76. The lowest BCUT2D eigenvalue weighted by Gasteiger charge is -2.13. The van der Waals surface area contributed by atoms with Gasteiger partial charge in [-0.05, 0) is 19.1 Å². The van der Waals surface area contributed by atoms with Crippen LogP contribution in [0.1, 0.15) is 11.4 Å². The van der Waals surface area contributed by atoms with E-state index in [1.165, 1.54) is 0 Å². The maximum absolute atomic E-state index is 5.69. The van der Waals surface area contributed by atoms with Crippen molar-refractivity contribution in [3.8, 4) is 0 Å². The molecule has 1 aromatic rings. The summed E-state index contributed by atoms with van der Waals surface area (Å²) in [6.45, 7) is 1.98. The highest BCUT2D eigenvalue weighted by atomic mass is 35.5. The van der Waals surface area contributed by atoms with Crippen LogP contribution in [-0.4, -0.2) is 19.1 Å². The Morgan fingerprint density at radius 2 is 2.08 bits per heavy atom. The minimum absolute atomic E-state index is 0.475. The Labute approximate surface area is 78.2 Å². The van der Waals surface area contributed by atoms with Gasteiger partial charge in [-0.3, -0.25) is 4.98 Å². The number of pyridine rings is 1. The van der Waals surface area contributed by atoms with Crippen molar-refractivity contribution in [2.75, 3.05) is 19.0 Å². The zero-order valence-corrected chi connectivity index (χ0v) is 8.39. The Morgan fingerprint density at radius 1 is 1.42 bits per heavy atom. The Bertz CT molecular complexity index is 271. The first kappa shape index (κ1) is 9.33. The van der Waals surface area contributed by atoms with Crippen LogP contribution < -0.4 is 4.90 Å². The lowest BCUT2D eigenvalue weighted by atomic mass is 10.2. The molecule has 0 saturated carbocycles. The molecule has 2 nitrogen and oxygen atoms in total. The standard InChI is InChI=1S/C9H13ClN2/c1-7-4-9(12(2)3)5-8(6-10)11-7/h4-5H,6H2,1-3H3. The number of hydrogen-bond donors (Lipinski definition) is 0. The molecule has 0 aliphatic carbocycles. The average molecular weight is 185 g/mol. The second-order valence-corrected chi connectivity index (χ2v) is 3.25. The Morgan fingerprint density at radius 3 is 2.58 bits per heavy atom. The molecule has 0 N–H and O–H groups in total. The van der Waals surface area contributed by atoms with Crippen molar-refractivity contribution in [3.63, 3.8) is 0 Å². The number of nitrogens with zero attached hydrogens (tertiary/aromatic N) is 2. The minimum atomic E-state index is 0.475. The largest absolute Gasteiger partial charge is 0.378 e. The number of anilines is 1. The van der Waals surface area contributed by atoms with E-state index >= 15 is 0 Å². The van der Waals surface area contributed by atoms with Crippen LogP contribution in [0.3, 0.4) is 0 Å². The monoisotopic (exact) mass is 184 g/mol. The van der Waals surface area contributed by atoms with Gasteiger partial charge in [-0.25, -0.2) is 0 Å². The molecule has 0 atom stereocenters. The third kappa shape index (κ3) is 2.11. The van der Waals surface area contributed by atoms with Crippen molar-refractivity contribution in [2.24, 2.45) is 0 Å². The number of alkyl halides is 1. The van der Waals surface area contributed by atoms with Crippen LogP contribution in [0.4, 0.5) is 5.69 Å². The summed E-state index contributed by atoms with van der Waals surface area (Å²) < 4.78 is 0. The van der Waals surface area contributed by atoms with E-state index in [1.54, 1.807) is 0 Å². The van der Waals surface area contributed by atoms with Crippen molar-refractivity contribution in [2.45, 2.75) is 12.8 Å². The van der Waals surface area contributed by atoms with Crippen LogP contribution in [0, 0.1) is 6.92 Å². The van der Waals surface area contributed by atoms with Crippen LogP contribution >= 0.6 is 11.6 Å². The van der Waals surface area contributed by atoms with Crippen molar-refractivity contribution in [1.29, 1.82) is 0 Å². The molecule has 0 fully saturated rings. The van der Waals surface area contributed by atoms with Gasteiger partial charge in [-0.2, -0.15) is 0 Å². The summed E-state index contributed by atoms with van der Waals surface area (Å²) in [6.07, 6.45) is 0. The molecule has 0 radical (unpaired) electrons. The fourth-order valence-electron chi connectivity index (χ4n) is 1.04. The van der Waals surface area contributed by atoms with Crippen molar-refractivity contribution in [1.82, 2.24) is 4.98 Å². The lowest BCUT2D eigenvalue weighted by Crippen LogP contribution is -2.09. The zero-order chi connectivity index (χ0) is 9.14. The summed E-state index contributed by atoms with van der Waals surface area (Å²) in [5.74, 6) is 0.475. The van der Waals surface area contributed by atoms with Crippen LogP contribution in [-0.2, 0) is 5.88 Å². The Kier molecular flexibility index (Phi) is 2.93. The molecule has 0 aliphatic heterocycles. The summed E-state index contributed by atoms with van der Waals surface area (Å²) in [7, 11) is 4.01. The molecule has 0 aliphatic rings. The van der Waals surface area contributed by atoms with E-state index in [2.05, 4.69) is 4.98 Å². The van der Waals surface area contributed by atoms with E-state index in [-0.39, 0.29) is 0 Å². The van der Waals surface area contributed by atoms with Crippen LogP contribution in [0.5, 0.6) is 0 Å². The van der Waals surface area contributed by atoms with E-state index in [0.29, 0.717) is 5.88 Å². The molecular formula is C9H13ClN2. The van der Waals surface area contributed by atoms with Gasteiger partial charge in [0.25, 0.3) is 0 Å². The zero-order valence-electron chi connectivity index (χ0n) is 7.63. The van der Waals surface area contributed by atoms with Crippen LogP contribution in [0.15, 0.2) is 12.1 Å². The maximum Gasteiger partial charge on any atom is 0.0648 e. The highest BCUT2D eigenvalue weighted by Gasteiger charge is 1.99. The fourth-order valence-corrected chi connectivity index (χ4v) is 1.18. The van der Waals surface area contributed by atoms with Gasteiger partial charge in [-0.15, -0.1) is 11.6 Å². The lowest BCUT2D eigenvalue weighted by molar-refractivity contribution is 1.06. The molecule has 0 saturated heterocycles. The molecule has 12 heavy (non-hydrogen) atoms. The summed E-state index contributed by atoms with van der Waals surface area (Å²) in [4.78, 5) is 6.32. The van der Waals surface area contributed by atoms with Gasteiger partial charge in [0.1, 0.15) is 0 Å². The second-order valence-electron chi connectivity index (χ2n) is 2.99. The molecule has 66 valence electrons. The van der Waals surface area contributed by atoms with E-state index in [9.17, 15) is 0 Å². The summed E-state index contributed by atoms with van der Waals surface area (Å²) in [5.41, 5.74) is 3.09. The van der Waals surface area contributed by atoms with Crippen LogP contribution in [0.2, 0.25) is 0 Å². The maximum atomic E-state index is 5.69. The summed E-state index contributed by atoms with van der Waals surface area (Å²) >= 11 is 5.69. The SMILES string of the molecule is Cc1cc(N(C)C)cc(CCl)n1. The van der Waals surface area contributed by atoms with Gasteiger partial charge in [0.15, 0.2) is 0 Å². The highest BCUT2D eigenvalue weighted by molar-refractivity contribution is 6.16. The average Bonchev–Trinajstić information content (AvgIpc) is 2.03. The van der Waals surface area contributed by atoms with E-state index in [0.717, 1.165) is 17.1 Å². The van der Waals surface area contributed by atoms with Gasteiger partial charge in [-0.1, -0.05) is 0 Å². The highest BCUT2D eigenvalue weighted by Crippen LogP contribution is 2.14. The van der Waals surface area contributed by atoms with Crippen molar-refractivity contribution >= 4 is 17.3 Å². The quantitative estimate of drug-likeness (QED) is 0.656. The molecule has 0 spiro atoms. The molecule has 3 heteroatoms. The Balaban J connectivity index is 3.06. The van der Waals surface area contributed by atoms with Gasteiger partial charge in [0.2, 0.25) is 0 Å². The number of halogens is 1. The van der Waals surface area contributed by atoms with Gasteiger partial charge in [0.05, 0.1) is 11.6 Å². The number of hydrogen-bond acceptors (Lipinski definition) is 2. The van der Waals surface area contributed by atoms with E-state index in [1.807, 2.05) is 38.1 Å². The third-order valence-corrected chi connectivity index (χ3v) is 1.92. The molecule has 1 aromatic heterocycles. The van der Waals surface area contributed by atoms with Gasteiger partial charge in [0, 0.05) is 25.5 Å². The van der Waals surface area contributed by atoms with E-state index < -0.39 is 0 Å². The first-order chi connectivity index (χ1) is 5.63.